The molecule has 1 aromatic heterocycles. The van der Waals surface area contributed by atoms with E-state index in [1.54, 1.807) is 38.2 Å². The molecular weight excluding hydrogens is 244 g/mol. The summed E-state index contributed by atoms with van der Waals surface area (Å²) in [7, 11) is 1.54. The predicted molar refractivity (Wildman–Crippen MR) is 71.1 cm³/mol. The van der Waals surface area contributed by atoms with Crippen molar-refractivity contribution < 1.29 is 9.59 Å². The van der Waals surface area contributed by atoms with Gasteiger partial charge in [-0.1, -0.05) is 12.1 Å². The van der Waals surface area contributed by atoms with Gasteiger partial charge in [0.1, 0.15) is 0 Å². The first-order valence-corrected chi connectivity index (χ1v) is 5.76. The van der Waals surface area contributed by atoms with Gasteiger partial charge in [-0.2, -0.15) is 5.10 Å². The number of hydrogen-bond donors (Lipinski definition) is 3. The maximum absolute atomic E-state index is 12.1. The highest BCUT2D eigenvalue weighted by atomic mass is 16.2. The average molecular weight is 258 g/mol. The molecule has 6 nitrogen and oxygen atoms in total. The van der Waals surface area contributed by atoms with Crippen LogP contribution in [0.4, 0.5) is 5.69 Å². The van der Waals surface area contributed by atoms with Gasteiger partial charge in [-0.15, -0.1) is 0 Å². The number of hydrogen-bond acceptors (Lipinski definition) is 3. The smallest absolute Gasteiger partial charge is 0.259 e. The third kappa shape index (κ3) is 2.62. The zero-order chi connectivity index (χ0) is 13.8. The van der Waals surface area contributed by atoms with Crippen molar-refractivity contribution in [2.75, 3.05) is 12.4 Å². The normalized spacial score (nSPS) is 10.0. The van der Waals surface area contributed by atoms with E-state index in [0.29, 0.717) is 22.5 Å². The Morgan fingerprint density at radius 3 is 2.53 bits per heavy atom. The van der Waals surface area contributed by atoms with Crippen molar-refractivity contribution in [1.82, 2.24) is 15.5 Å². The highest BCUT2D eigenvalue weighted by Gasteiger charge is 2.15. The summed E-state index contributed by atoms with van der Waals surface area (Å²) >= 11 is 0. The molecule has 6 heteroatoms. The highest BCUT2D eigenvalue weighted by Crippen LogP contribution is 2.16. The van der Waals surface area contributed by atoms with Gasteiger partial charge in [0.2, 0.25) is 0 Å². The number of rotatable bonds is 3. The van der Waals surface area contributed by atoms with Gasteiger partial charge < -0.3 is 10.6 Å². The van der Waals surface area contributed by atoms with Gasteiger partial charge >= 0.3 is 0 Å². The molecule has 0 bridgehead atoms. The molecule has 0 atom stereocenters. The summed E-state index contributed by atoms with van der Waals surface area (Å²) in [5, 5.41) is 11.7. The van der Waals surface area contributed by atoms with Crippen molar-refractivity contribution in [3.8, 4) is 0 Å². The van der Waals surface area contributed by atoms with Crippen LogP contribution in [0.15, 0.2) is 30.5 Å². The van der Waals surface area contributed by atoms with E-state index in [-0.39, 0.29) is 11.8 Å². The molecule has 0 radical (unpaired) electrons. The highest BCUT2D eigenvalue weighted by molar-refractivity contribution is 6.09. The van der Waals surface area contributed by atoms with E-state index in [1.807, 2.05) is 0 Å². The van der Waals surface area contributed by atoms with Gasteiger partial charge in [-0.3, -0.25) is 14.7 Å². The number of nitrogens with one attached hydrogen (secondary N) is 3. The van der Waals surface area contributed by atoms with Gasteiger partial charge in [-0.05, 0) is 19.1 Å². The summed E-state index contributed by atoms with van der Waals surface area (Å²) in [5.41, 5.74) is 2.01. The maximum Gasteiger partial charge on any atom is 0.259 e. The largest absolute Gasteiger partial charge is 0.355 e. The van der Waals surface area contributed by atoms with Gasteiger partial charge in [0, 0.05) is 12.7 Å². The molecule has 0 saturated carbocycles. The van der Waals surface area contributed by atoms with Crippen LogP contribution in [0.25, 0.3) is 0 Å². The van der Waals surface area contributed by atoms with E-state index in [4.69, 9.17) is 0 Å². The molecule has 0 fully saturated rings. The SMILES string of the molecule is CNC(=O)c1ccccc1NC(=O)c1cn[nH]c1C. The minimum Gasteiger partial charge on any atom is -0.355 e. The second kappa shape index (κ2) is 5.34. The van der Waals surface area contributed by atoms with Crippen molar-refractivity contribution in [2.45, 2.75) is 6.92 Å². The lowest BCUT2D eigenvalue weighted by Crippen LogP contribution is -2.21. The number of anilines is 1. The number of aryl methyl sites for hydroxylation is 1. The third-order valence-electron chi connectivity index (χ3n) is 2.72. The maximum atomic E-state index is 12.1. The fourth-order valence-electron chi connectivity index (χ4n) is 1.69. The first-order valence-electron chi connectivity index (χ1n) is 5.76. The molecule has 0 saturated heterocycles. The number of amides is 2. The lowest BCUT2D eigenvalue weighted by molar-refractivity contribution is 0.0964. The van der Waals surface area contributed by atoms with Crippen LogP contribution < -0.4 is 10.6 Å². The Bertz CT molecular complexity index is 619. The Morgan fingerprint density at radius 1 is 1.16 bits per heavy atom. The van der Waals surface area contributed by atoms with Crippen LogP contribution in [0.5, 0.6) is 0 Å². The minimum absolute atomic E-state index is 0.250. The van der Waals surface area contributed by atoms with E-state index in [1.165, 1.54) is 6.20 Å². The van der Waals surface area contributed by atoms with Crippen LogP contribution in [-0.4, -0.2) is 29.1 Å². The van der Waals surface area contributed by atoms with Crippen LogP contribution in [-0.2, 0) is 0 Å². The van der Waals surface area contributed by atoms with E-state index in [2.05, 4.69) is 20.8 Å². The molecule has 2 amide bonds. The first-order chi connectivity index (χ1) is 9.13. The van der Waals surface area contributed by atoms with E-state index in [9.17, 15) is 9.59 Å². The van der Waals surface area contributed by atoms with E-state index in [0.717, 1.165) is 0 Å². The lowest BCUT2D eigenvalue weighted by atomic mass is 10.1. The molecule has 2 rings (SSSR count). The standard InChI is InChI=1S/C13H14N4O2/c1-8-10(7-15-17-8)13(19)16-11-6-4-3-5-9(11)12(18)14-2/h3-7H,1-2H3,(H,14,18)(H,15,17)(H,16,19). The number of carbonyl (C=O) groups excluding carboxylic acids is 2. The summed E-state index contributed by atoms with van der Waals surface area (Å²) in [6.07, 6.45) is 1.45. The number of aromatic amines is 1. The first kappa shape index (κ1) is 12.8. The van der Waals surface area contributed by atoms with E-state index >= 15 is 0 Å². The number of carbonyl (C=O) groups is 2. The average Bonchev–Trinajstić information content (AvgIpc) is 2.85. The summed E-state index contributed by atoms with van der Waals surface area (Å²) in [5.74, 6) is -0.553. The van der Waals surface area contributed by atoms with Gasteiger partial charge in [-0.25, -0.2) is 0 Å². The second-order valence-electron chi connectivity index (χ2n) is 3.99. The number of para-hydroxylation sites is 1. The van der Waals surface area contributed by atoms with Crippen molar-refractivity contribution in [3.63, 3.8) is 0 Å². The van der Waals surface area contributed by atoms with Crippen molar-refractivity contribution >= 4 is 17.5 Å². The molecule has 0 spiro atoms. The van der Waals surface area contributed by atoms with Gasteiger partial charge in [0.05, 0.1) is 23.0 Å². The Morgan fingerprint density at radius 2 is 1.89 bits per heavy atom. The molecule has 0 aliphatic heterocycles. The van der Waals surface area contributed by atoms with Gasteiger partial charge in [0.25, 0.3) is 11.8 Å². The summed E-state index contributed by atoms with van der Waals surface area (Å²) < 4.78 is 0. The second-order valence-corrected chi connectivity index (χ2v) is 3.99. The topological polar surface area (TPSA) is 86.9 Å². The molecule has 19 heavy (non-hydrogen) atoms. The number of nitrogens with zero attached hydrogens (tertiary/aromatic N) is 1. The zero-order valence-corrected chi connectivity index (χ0v) is 10.7. The van der Waals surface area contributed by atoms with E-state index < -0.39 is 0 Å². The van der Waals surface area contributed by atoms with Crippen molar-refractivity contribution in [1.29, 1.82) is 0 Å². The fraction of sp³-hybridized carbons (Fsp3) is 0.154. The molecule has 0 aliphatic carbocycles. The number of benzene rings is 1. The molecule has 98 valence electrons. The van der Waals surface area contributed by atoms with Gasteiger partial charge in [0.15, 0.2) is 0 Å². The molecule has 1 heterocycles. The minimum atomic E-state index is -0.303. The van der Waals surface area contributed by atoms with Crippen molar-refractivity contribution in [3.05, 3.63) is 47.3 Å². The zero-order valence-electron chi connectivity index (χ0n) is 10.7. The summed E-state index contributed by atoms with van der Waals surface area (Å²) in [4.78, 5) is 23.7. The number of H-pyrrole nitrogens is 1. The predicted octanol–water partition coefficient (Wildman–Crippen LogP) is 1.33. The van der Waals surface area contributed by atoms with Crippen LogP contribution in [0.2, 0.25) is 0 Å². The summed E-state index contributed by atoms with van der Waals surface area (Å²) in [6.45, 7) is 1.76. The molecule has 1 aromatic carbocycles. The Labute approximate surface area is 110 Å². The van der Waals surface area contributed by atoms with Crippen LogP contribution in [0.3, 0.4) is 0 Å². The summed E-state index contributed by atoms with van der Waals surface area (Å²) in [6, 6.07) is 6.82. The Hall–Kier alpha value is -2.63. The number of aromatic nitrogens is 2. The molecule has 2 aromatic rings. The fourth-order valence-corrected chi connectivity index (χ4v) is 1.69. The van der Waals surface area contributed by atoms with Crippen LogP contribution >= 0.6 is 0 Å². The monoisotopic (exact) mass is 258 g/mol. The van der Waals surface area contributed by atoms with Crippen LogP contribution in [0.1, 0.15) is 26.4 Å². The Kier molecular flexibility index (Phi) is 3.61. The van der Waals surface area contributed by atoms with Crippen molar-refractivity contribution in [2.24, 2.45) is 0 Å². The molecule has 0 unspecified atom stereocenters. The quantitative estimate of drug-likeness (QED) is 0.776. The molecular formula is C13H14N4O2. The lowest BCUT2D eigenvalue weighted by Gasteiger charge is -2.09. The molecule has 3 N–H and O–H groups in total. The molecule has 0 aliphatic rings. The third-order valence-corrected chi connectivity index (χ3v) is 2.72. The van der Waals surface area contributed by atoms with Crippen LogP contribution in [0, 0.1) is 6.92 Å². The Balaban J connectivity index is 2.27.